The van der Waals surface area contributed by atoms with Crippen molar-refractivity contribution >= 4 is 11.8 Å². The average molecular weight is 394 g/mol. The molecule has 4 rings (SSSR count). The molecule has 0 radical (unpaired) electrons. The third-order valence-corrected chi connectivity index (χ3v) is 6.07. The number of likely N-dealkylation sites (N-methyl/N-ethyl adjacent to an activating group) is 1. The van der Waals surface area contributed by atoms with Gasteiger partial charge >= 0.3 is 0 Å². The average Bonchev–Trinajstić information content (AvgIpc) is 2.76. The Morgan fingerprint density at radius 2 is 1.90 bits per heavy atom. The lowest BCUT2D eigenvalue weighted by Gasteiger charge is -2.54. The second-order valence-electron chi connectivity index (χ2n) is 7.73. The highest BCUT2D eigenvalue weighted by Gasteiger charge is 2.53. The Bertz CT molecular complexity index is 884. The van der Waals surface area contributed by atoms with Crippen LogP contribution in [0.5, 0.6) is 5.75 Å². The molecule has 2 aromatic carbocycles. The van der Waals surface area contributed by atoms with Gasteiger partial charge in [0.05, 0.1) is 5.54 Å². The molecule has 0 unspecified atom stereocenters. The molecule has 2 aliphatic heterocycles. The Morgan fingerprint density at radius 3 is 2.62 bits per heavy atom. The summed E-state index contributed by atoms with van der Waals surface area (Å²) in [6.07, 6.45) is 0.352. The monoisotopic (exact) mass is 394 g/mol. The number of ether oxygens (including phenoxy) is 2. The van der Waals surface area contributed by atoms with Gasteiger partial charge in [-0.1, -0.05) is 48.0 Å². The number of hydrogen-bond acceptors (Lipinski definition) is 4. The first-order valence-corrected chi connectivity index (χ1v) is 9.92. The molecule has 2 saturated heterocycles. The van der Waals surface area contributed by atoms with Gasteiger partial charge in [0, 0.05) is 20.1 Å². The molecule has 0 bridgehead atoms. The topological polar surface area (TPSA) is 59.1 Å². The summed E-state index contributed by atoms with van der Waals surface area (Å²) in [6, 6.07) is 17.6. The van der Waals surface area contributed by atoms with Gasteiger partial charge in [0.1, 0.15) is 18.5 Å². The van der Waals surface area contributed by atoms with Crippen molar-refractivity contribution in [2.24, 2.45) is 0 Å². The highest BCUT2D eigenvalue weighted by molar-refractivity contribution is 5.80. The fourth-order valence-corrected chi connectivity index (χ4v) is 4.32. The van der Waals surface area contributed by atoms with Crippen LogP contribution < -0.4 is 4.74 Å². The maximum absolute atomic E-state index is 12.8. The molecule has 152 valence electrons. The molecule has 0 aromatic heterocycles. The number of likely N-dealkylation sites (tertiary alicyclic amines) is 1. The van der Waals surface area contributed by atoms with Crippen molar-refractivity contribution in [1.82, 2.24) is 9.80 Å². The standard InChI is InChI=1S/C23H26N2O4/c1-17-8-10-19(11-9-17)28-16-22(27)25-13-12-23(18-6-4-3-5-7-18)20(14-25)29-15-21(26)24(23)2/h3-11,20H,12-16H2,1-2H3/t20-,23+/m1/s1. The van der Waals surface area contributed by atoms with Crippen LogP contribution in [-0.4, -0.2) is 61.1 Å². The number of carbonyl (C=O) groups excluding carboxylic acids is 2. The molecule has 0 saturated carbocycles. The molecule has 2 heterocycles. The zero-order chi connectivity index (χ0) is 20.4. The predicted octanol–water partition coefficient (Wildman–Crippen LogP) is 2.36. The minimum Gasteiger partial charge on any atom is -0.484 e. The SMILES string of the molecule is Cc1ccc(OCC(=O)N2CC[C@]3(c4ccccc4)[C@@H](C2)OCC(=O)N3C)cc1. The summed E-state index contributed by atoms with van der Waals surface area (Å²) in [7, 11) is 1.84. The summed E-state index contributed by atoms with van der Waals surface area (Å²) in [5.41, 5.74) is 1.64. The van der Waals surface area contributed by atoms with Crippen LogP contribution in [0, 0.1) is 6.92 Å². The summed E-state index contributed by atoms with van der Waals surface area (Å²) in [5, 5.41) is 0. The second-order valence-corrected chi connectivity index (χ2v) is 7.73. The molecule has 29 heavy (non-hydrogen) atoms. The van der Waals surface area contributed by atoms with Crippen LogP contribution in [0.1, 0.15) is 17.5 Å². The zero-order valence-corrected chi connectivity index (χ0v) is 16.8. The second kappa shape index (κ2) is 7.87. The Hall–Kier alpha value is -2.86. The minimum absolute atomic E-state index is 0.0110. The number of benzene rings is 2. The lowest BCUT2D eigenvalue weighted by atomic mass is 9.76. The van der Waals surface area contributed by atoms with Crippen LogP contribution >= 0.6 is 0 Å². The summed E-state index contributed by atoms with van der Waals surface area (Å²) < 4.78 is 11.6. The molecule has 0 aliphatic carbocycles. The van der Waals surface area contributed by atoms with E-state index >= 15 is 0 Å². The maximum atomic E-state index is 12.8. The number of hydrogen-bond donors (Lipinski definition) is 0. The number of piperidine rings is 1. The van der Waals surface area contributed by atoms with Crippen molar-refractivity contribution in [1.29, 1.82) is 0 Å². The summed E-state index contributed by atoms with van der Waals surface area (Å²) in [5.74, 6) is 0.571. The van der Waals surface area contributed by atoms with Crippen LogP contribution in [0.25, 0.3) is 0 Å². The Kier molecular flexibility index (Phi) is 5.28. The molecule has 2 atom stereocenters. The molecule has 2 fully saturated rings. The van der Waals surface area contributed by atoms with Gasteiger partial charge in [0.2, 0.25) is 5.91 Å². The molecule has 0 spiro atoms. The Morgan fingerprint density at radius 1 is 1.17 bits per heavy atom. The molecular formula is C23H26N2O4. The van der Waals surface area contributed by atoms with Crippen LogP contribution in [0.2, 0.25) is 0 Å². The lowest BCUT2D eigenvalue weighted by Crippen LogP contribution is -2.67. The van der Waals surface area contributed by atoms with E-state index in [9.17, 15) is 9.59 Å². The van der Waals surface area contributed by atoms with Crippen molar-refractivity contribution in [2.75, 3.05) is 33.4 Å². The number of nitrogens with zero attached hydrogens (tertiary/aromatic N) is 2. The van der Waals surface area contributed by atoms with E-state index in [0.29, 0.717) is 25.3 Å². The number of morpholine rings is 1. The Labute approximate surface area is 171 Å². The van der Waals surface area contributed by atoms with E-state index in [4.69, 9.17) is 9.47 Å². The van der Waals surface area contributed by atoms with Gasteiger partial charge in [-0.05, 0) is 31.0 Å². The van der Waals surface area contributed by atoms with Gasteiger partial charge in [0.15, 0.2) is 6.61 Å². The van der Waals surface area contributed by atoms with Crippen molar-refractivity contribution < 1.29 is 19.1 Å². The third kappa shape index (κ3) is 3.60. The van der Waals surface area contributed by atoms with E-state index < -0.39 is 5.54 Å². The van der Waals surface area contributed by atoms with Crippen molar-refractivity contribution in [2.45, 2.75) is 25.0 Å². The molecule has 2 aromatic rings. The quantitative estimate of drug-likeness (QED) is 0.799. The van der Waals surface area contributed by atoms with E-state index in [1.165, 1.54) is 0 Å². The molecular weight excluding hydrogens is 368 g/mol. The van der Waals surface area contributed by atoms with Crippen LogP contribution in [0.3, 0.4) is 0 Å². The zero-order valence-electron chi connectivity index (χ0n) is 16.8. The highest BCUT2D eigenvalue weighted by atomic mass is 16.5. The predicted molar refractivity (Wildman–Crippen MR) is 109 cm³/mol. The number of carbonyl (C=O) groups is 2. The molecule has 2 aliphatic rings. The number of fused-ring (bicyclic) bond motifs is 1. The molecule has 0 N–H and O–H groups in total. The number of aryl methyl sites for hydroxylation is 1. The molecule has 6 nitrogen and oxygen atoms in total. The first-order valence-electron chi connectivity index (χ1n) is 9.92. The Balaban J connectivity index is 1.49. The lowest BCUT2D eigenvalue weighted by molar-refractivity contribution is -0.184. The van der Waals surface area contributed by atoms with E-state index in [-0.39, 0.29) is 31.1 Å². The van der Waals surface area contributed by atoms with Gasteiger partial charge in [0.25, 0.3) is 5.91 Å². The fraction of sp³-hybridized carbons (Fsp3) is 0.391. The van der Waals surface area contributed by atoms with Crippen LogP contribution in [0.4, 0.5) is 0 Å². The van der Waals surface area contributed by atoms with Gasteiger partial charge in [-0.3, -0.25) is 9.59 Å². The maximum Gasteiger partial charge on any atom is 0.260 e. The van der Waals surface area contributed by atoms with E-state index in [1.54, 1.807) is 9.80 Å². The smallest absolute Gasteiger partial charge is 0.260 e. The van der Waals surface area contributed by atoms with E-state index in [1.807, 2.05) is 68.6 Å². The fourth-order valence-electron chi connectivity index (χ4n) is 4.32. The normalized spacial score (nSPS) is 24.2. The van der Waals surface area contributed by atoms with Crippen LogP contribution in [-0.2, 0) is 19.9 Å². The van der Waals surface area contributed by atoms with Crippen molar-refractivity contribution in [3.63, 3.8) is 0 Å². The van der Waals surface area contributed by atoms with E-state index in [0.717, 1.165) is 11.1 Å². The van der Waals surface area contributed by atoms with Crippen LogP contribution in [0.15, 0.2) is 54.6 Å². The largest absolute Gasteiger partial charge is 0.484 e. The van der Waals surface area contributed by atoms with Gasteiger partial charge in [-0.25, -0.2) is 0 Å². The van der Waals surface area contributed by atoms with Gasteiger partial charge < -0.3 is 19.3 Å². The third-order valence-electron chi connectivity index (χ3n) is 6.07. The first kappa shape index (κ1) is 19.5. The first-order chi connectivity index (χ1) is 14.0. The molecule has 6 heteroatoms. The minimum atomic E-state index is -0.550. The van der Waals surface area contributed by atoms with Gasteiger partial charge in [-0.15, -0.1) is 0 Å². The van der Waals surface area contributed by atoms with Crippen molar-refractivity contribution in [3.8, 4) is 5.75 Å². The summed E-state index contributed by atoms with van der Waals surface area (Å²) in [4.78, 5) is 28.8. The highest BCUT2D eigenvalue weighted by Crippen LogP contribution is 2.42. The van der Waals surface area contributed by atoms with Crippen molar-refractivity contribution in [3.05, 3.63) is 65.7 Å². The number of rotatable bonds is 4. The number of amides is 2. The summed E-state index contributed by atoms with van der Waals surface area (Å²) in [6.45, 7) is 3.01. The van der Waals surface area contributed by atoms with E-state index in [2.05, 4.69) is 0 Å². The molecule has 2 amide bonds. The summed E-state index contributed by atoms with van der Waals surface area (Å²) >= 11 is 0. The van der Waals surface area contributed by atoms with Gasteiger partial charge in [-0.2, -0.15) is 0 Å².